The molecule has 0 spiro atoms. The fourth-order valence-electron chi connectivity index (χ4n) is 3.82. The Bertz CT molecular complexity index is 1060. The van der Waals surface area contributed by atoms with Crippen LogP contribution < -0.4 is 4.90 Å². The number of carbonyl (C=O) groups is 4. The molecule has 0 aromatic heterocycles. The van der Waals surface area contributed by atoms with E-state index in [2.05, 4.69) is 0 Å². The van der Waals surface area contributed by atoms with Crippen LogP contribution in [0.15, 0.2) is 48.5 Å². The van der Waals surface area contributed by atoms with Crippen LogP contribution in [0.5, 0.6) is 0 Å². The van der Waals surface area contributed by atoms with E-state index in [4.69, 9.17) is 14.2 Å². The molecule has 0 radical (unpaired) electrons. The quantitative estimate of drug-likeness (QED) is 0.317. The summed E-state index contributed by atoms with van der Waals surface area (Å²) in [7, 11) is 2.87. The molecule has 0 saturated carbocycles. The number of esters is 1. The van der Waals surface area contributed by atoms with Gasteiger partial charge in [0.1, 0.15) is 6.04 Å². The van der Waals surface area contributed by atoms with Crippen molar-refractivity contribution in [3.05, 3.63) is 65.2 Å². The van der Waals surface area contributed by atoms with E-state index in [1.54, 1.807) is 32.0 Å². The number of anilines is 1. The van der Waals surface area contributed by atoms with E-state index < -0.39 is 36.0 Å². The number of nitrogens with zero attached hydrogens (tertiary/aromatic N) is 2. The number of methoxy groups -OCH3 is 2. The number of rotatable bonds is 9. The predicted molar refractivity (Wildman–Crippen MR) is 123 cm³/mol. The van der Waals surface area contributed by atoms with E-state index in [1.807, 2.05) is 6.07 Å². The predicted octanol–water partition coefficient (Wildman–Crippen LogP) is 2.56. The zero-order valence-corrected chi connectivity index (χ0v) is 19.6. The molecule has 1 heterocycles. The molecule has 2 aromatic rings. The zero-order chi connectivity index (χ0) is 24.8. The van der Waals surface area contributed by atoms with Gasteiger partial charge in [-0.05, 0) is 49.7 Å². The van der Waals surface area contributed by atoms with Gasteiger partial charge in [-0.1, -0.05) is 18.2 Å². The number of hydrogen-bond donors (Lipinski definition) is 0. The molecule has 1 unspecified atom stereocenters. The number of aryl methyl sites for hydroxylation is 1. The van der Waals surface area contributed by atoms with E-state index in [-0.39, 0.29) is 19.6 Å². The minimum atomic E-state index is -1.03. The van der Waals surface area contributed by atoms with Crippen LogP contribution in [0.1, 0.15) is 39.6 Å². The topological polar surface area (TPSA) is 102 Å². The van der Waals surface area contributed by atoms with E-state index in [1.165, 1.54) is 43.4 Å². The number of imide groups is 1. The van der Waals surface area contributed by atoms with Crippen LogP contribution in [-0.4, -0.2) is 68.3 Å². The second kappa shape index (κ2) is 11.0. The van der Waals surface area contributed by atoms with E-state index in [0.29, 0.717) is 16.8 Å². The Labute approximate surface area is 198 Å². The first-order valence-corrected chi connectivity index (χ1v) is 10.9. The summed E-state index contributed by atoms with van der Waals surface area (Å²) in [5.41, 5.74) is 1.78. The monoisotopic (exact) mass is 468 g/mol. The van der Waals surface area contributed by atoms with Gasteiger partial charge in [0.15, 0.2) is 6.29 Å². The molecule has 9 heteroatoms. The molecule has 1 aliphatic heterocycles. The molecule has 2 aromatic carbocycles. The molecule has 0 bridgehead atoms. The second-order valence-corrected chi connectivity index (χ2v) is 7.73. The highest BCUT2D eigenvalue weighted by Gasteiger charge is 2.45. The van der Waals surface area contributed by atoms with Gasteiger partial charge in [0.25, 0.3) is 11.8 Å². The van der Waals surface area contributed by atoms with Crippen molar-refractivity contribution in [1.82, 2.24) is 4.90 Å². The Morgan fingerprint density at radius 2 is 1.71 bits per heavy atom. The molecule has 1 saturated heterocycles. The summed E-state index contributed by atoms with van der Waals surface area (Å²) in [4.78, 5) is 54.0. The molecular weight excluding hydrogens is 440 g/mol. The Hall–Kier alpha value is -3.56. The summed E-state index contributed by atoms with van der Waals surface area (Å²) in [6.45, 7) is 3.70. The third-order valence-electron chi connectivity index (χ3n) is 5.64. The standard InChI is InChI=1S/C25H28N2O7/c1-5-34-25(31)17-10-12-18(13-11-17)27-21(28)14-20(24(27)30)26(15-22(32-3)33-4)23(29)19-9-7-6-8-16(19)2/h6-13,20,22H,5,14-15H2,1-4H3. The van der Waals surface area contributed by atoms with Gasteiger partial charge in [-0.15, -0.1) is 0 Å². The number of carbonyl (C=O) groups excluding carboxylic acids is 4. The van der Waals surface area contributed by atoms with Gasteiger partial charge in [0, 0.05) is 19.8 Å². The molecule has 9 nitrogen and oxygen atoms in total. The highest BCUT2D eigenvalue weighted by atomic mass is 16.7. The summed E-state index contributed by atoms with van der Waals surface area (Å²) in [5, 5.41) is 0. The third-order valence-corrected chi connectivity index (χ3v) is 5.64. The molecule has 3 rings (SSSR count). The van der Waals surface area contributed by atoms with E-state index in [0.717, 1.165) is 10.5 Å². The maximum atomic E-state index is 13.5. The van der Waals surface area contributed by atoms with Crippen molar-refractivity contribution in [2.24, 2.45) is 0 Å². The van der Waals surface area contributed by atoms with Crippen LogP contribution in [0.4, 0.5) is 5.69 Å². The number of benzene rings is 2. The van der Waals surface area contributed by atoms with Crippen LogP contribution >= 0.6 is 0 Å². The van der Waals surface area contributed by atoms with Gasteiger partial charge >= 0.3 is 5.97 Å². The van der Waals surface area contributed by atoms with E-state index in [9.17, 15) is 19.2 Å². The molecule has 1 aliphatic rings. The van der Waals surface area contributed by atoms with Crippen molar-refractivity contribution in [3.63, 3.8) is 0 Å². The van der Waals surface area contributed by atoms with Gasteiger partial charge in [-0.25, -0.2) is 9.69 Å². The lowest BCUT2D eigenvalue weighted by Gasteiger charge is -2.30. The van der Waals surface area contributed by atoms with Gasteiger partial charge in [0.2, 0.25) is 5.91 Å². The van der Waals surface area contributed by atoms with Crippen LogP contribution in [0.2, 0.25) is 0 Å². The number of hydrogen-bond acceptors (Lipinski definition) is 7. The van der Waals surface area contributed by atoms with Crippen LogP contribution in [0.25, 0.3) is 0 Å². The van der Waals surface area contributed by atoms with Crippen molar-refractivity contribution in [2.45, 2.75) is 32.6 Å². The van der Waals surface area contributed by atoms with Crippen molar-refractivity contribution in [3.8, 4) is 0 Å². The molecule has 34 heavy (non-hydrogen) atoms. The van der Waals surface area contributed by atoms with Crippen molar-refractivity contribution >= 4 is 29.4 Å². The van der Waals surface area contributed by atoms with Crippen molar-refractivity contribution in [1.29, 1.82) is 0 Å². The Morgan fingerprint density at radius 3 is 2.29 bits per heavy atom. The number of ether oxygens (including phenoxy) is 3. The molecule has 1 fully saturated rings. The average Bonchev–Trinajstić information content (AvgIpc) is 3.13. The first kappa shape index (κ1) is 25.1. The molecule has 3 amide bonds. The van der Waals surface area contributed by atoms with Gasteiger partial charge in [-0.2, -0.15) is 0 Å². The first-order chi connectivity index (χ1) is 16.3. The maximum Gasteiger partial charge on any atom is 0.338 e. The summed E-state index contributed by atoms with van der Waals surface area (Å²) in [6.07, 6.45) is -0.968. The van der Waals surface area contributed by atoms with E-state index >= 15 is 0 Å². The molecular formula is C25H28N2O7. The Balaban J connectivity index is 1.91. The lowest BCUT2D eigenvalue weighted by Crippen LogP contribution is -2.49. The fraction of sp³-hybridized carbons (Fsp3) is 0.360. The highest BCUT2D eigenvalue weighted by Crippen LogP contribution is 2.28. The minimum Gasteiger partial charge on any atom is -0.462 e. The number of amides is 3. The zero-order valence-electron chi connectivity index (χ0n) is 19.6. The first-order valence-electron chi connectivity index (χ1n) is 10.9. The Morgan fingerprint density at radius 1 is 1.06 bits per heavy atom. The third kappa shape index (κ3) is 5.16. The van der Waals surface area contributed by atoms with Gasteiger partial charge < -0.3 is 19.1 Å². The summed E-state index contributed by atoms with van der Waals surface area (Å²) >= 11 is 0. The lowest BCUT2D eigenvalue weighted by molar-refractivity contribution is -0.128. The Kier molecular flexibility index (Phi) is 8.14. The lowest BCUT2D eigenvalue weighted by atomic mass is 10.1. The van der Waals surface area contributed by atoms with Crippen LogP contribution in [-0.2, 0) is 23.8 Å². The molecule has 180 valence electrons. The second-order valence-electron chi connectivity index (χ2n) is 7.73. The fourth-order valence-corrected chi connectivity index (χ4v) is 3.82. The average molecular weight is 469 g/mol. The summed E-state index contributed by atoms with van der Waals surface area (Å²) in [6, 6.07) is 12.0. The minimum absolute atomic E-state index is 0.0422. The van der Waals surface area contributed by atoms with Gasteiger partial charge in [0.05, 0.1) is 30.8 Å². The van der Waals surface area contributed by atoms with Crippen LogP contribution in [0.3, 0.4) is 0 Å². The normalized spacial score (nSPS) is 15.7. The molecule has 0 aliphatic carbocycles. The van der Waals surface area contributed by atoms with Gasteiger partial charge in [-0.3, -0.25) is 14.4 Å². The summed E-state index contributed by atoms with van der Waals surface area (Å²) < 4.78 is 15.5. The largest absolute Gasteiger partial charge is 0.462 e. The highest BCUT2D eigenvalue weighted by molar-refractivity contribution is 6.23. The molecule has 1 atom stereocenters. The SMILES string of the molecule is CCOC(=O)c1ccc(N2C(=O)CC(N(CC(OC)OC)C(=O)c3ccccc3C)C2=O)cc1. The smallest absolute Gasteiger partial charge is 0.338 e. The summed E-state index contributed by atoms with van der Waals surface area (Å²) in [5.74, 6) is -1.89. The maximum absolute atomic E-state index is 13.5. The van der Waals surface area contributed by atoms with Crippen molar-refractivity contribution in [2.75, 3.05) is 32.3 Å². The van der Waals surface area contributed by atoms with Crippen molar-refractivity contribution < 1.29 is 33.4 Å². The van der Waals surface area contributed by atoms with Crippen LogP contribution in [0, 0.1) is 6.92 Å². The molecule has 0 N–H and O–H groups in total.